The molecule has 18 heavy (non-hydrogen) atoms. The summed E-state index contributed by atoms with van der Waals surface area (Å²) in [5, 5.41) is 2.66. The highest BCUT2D eigenvalue weighted by Crippen LogP contribution is 2.23. The van der Waals surface area contributed by atoms with Crippen molar-refractivity contribution in [2.24, 2.45) is 0 Å². The van der Waals surface area contributed by atoms with Gasteiger partial charge in [0.1, 0.15) is 11.5 Å². The Labute approximate surface area is 107 Å². The molecule has 0 aliphatic heterocycles. The Hall–Kier alpha value is -1.49. The predicted molar refractivity (Wildman–Crippen MR) is 67.3 cm³/mol. The fraction of sp³-hybridized carbons (Fsp3) is 0.231. The summed E-state index contributed by atoms with van der Waals surface area (Å²) in [6.45, 7) is 2.37. The molecule has 0 radical (unpaired) electrons. The predicted octanol–water partition coefficient (Wildman–Crippen LogP) is 4.34. The van der Waals surface area contributed by atoms with E-state index in [1.807, 2.05) is 19.1 Å². The molecule has 0 saturated carbocycles. The molecule has 0 aliphatic rings. The number of thiophene rings is 1. The van der Waals surface area contributed by atoms with Crippen LogP contribution < -0.4 is 5.32 Å². The molecular weight excluding hydrogens is 259 g/mol. The number of benzene rings is 1. The van der Waals surface area contributed by atoms with Crippen LogP contribution in [0.2, 0.25) is 0 Å². The van der Waals surface area contributed by atoms with Crippen molar-refractivity contribution < 1.29 is 13.2 Å². The van der Waals surface area contributed by atoms with Crippen molar-refractivity contribution in [1.82, 2.24) is 0 Å². The van der Waals surface area contributed by atoms with Gasteiger partial charge in [-0.25, -0.2) is 13.2 Å². The van der Waals surface area contributed by atoms with E-state index in [0.29, 0.717) is 18.7 Å². The van der Waals surface area contributed by atoms with Crippen molar-refractivity contribution >= 4 is 17.0 Å². The summed E-state index contributed by atoms with van der Waals surface area (Å²) in [6, 6.07) is 5.23. The normalized spacial score (nSPS) is 10.7. The van der Waals surface area contributed by atoms with Gasteiger partial charge in [-0.3, -0.25) is 0 Å². The van der Waals surface area contributed by atoms with Gasteiger partial charge in [0.25, 0.3) is 0 Å². The Balaban J connectivity index is 2.10. The fourth-order valence-electron chi connectivity index (χ4n) is 1.59. The molecule has 0 fully saturated rings. The summed E-state index contributed by atoms with van der Waals surface area (Å²) in [7, 11) is 0. The van der Waals surface area contributed by atoms with Gasteiger partial charge >= 0.3 is 0 Å². The molecule has 1 aromatic carbocycles. The number of hydrogen-bond donors (Lipinski definition) is 1. The highest BCUT2D eigenvalue weighted by Gasteiger charge is 2.11. The summed E-state index contributed by atoms with van der Waals surface area (Å²) >= 11 is 1.59. The average Bonchev–Trinajstić information content (AvgIpc) is 2.75. The van der Waals surface area contributed by atoms with E-state index >= 15 is 0 Å². The number of halogens is 3. The minimum atomic E-state index is -0.917. The number of anilines is 1. The third-order valence-corrected chi connectivity index (χ3v) is 3.74. The van der Waals surface area contributed by atoms with Gasteiger partial charge in [0.05, 0.1) is 0 Å². The van der Waals surface area contributed by atoms with Crippen molar-refractivity contribution in [3.05, 3.63) is 51.5 Å². The van der Waals surface area contributed by atoms with E-state index in [-0.39, 0.29) is 5.69 Å². The Bertz CT molecular complexity index is 528. The molecule has 0 aliphatic carbocycles. The minimum Gasteiger partial charge on any atom is -0.375 e. The van der Waals surface area contributed by atoms with E-state index in [0.717, 1.165) is 11.3 Å². The van der Waals surface area contributed by atoms with Gasteiger partial charge in [-0.15, -0.1) is 11.3 Å². The maximum atomic E-state index is 13.3. The number of aryl methyl sites for hydroxylation is 1. The van der Waals surface area contributed by atoms with Gasteiger partial charge in [-0.1, -0.05) is 6.92 Å². The van der Waals surface area contributed by atoms with Crippen molar-refractivity contribution in [2.45, 2.75) is 19.9 Å². The van der Waals surface area contributed by atoms with E-state index in [1.165, 1.54) is 4.88 Å². The summed E-state index contributed by atoms with van der Waals surface area (Å²) in [5.74, 6) is -2.75. The molecule has 2 rings (SSSR count). The van der Waals surface area contributed by atoms with Crippen LogP contribution in [0.1, 0.15) is 16.7 Å². The molecule has 2 aromatic rings. The van der Waals surface area contributed by atoms with E-state index in [9.17, 15) is 13.2 Å². The molecule has 0 amide bonds. The first-order valence-corrected chi connectivity index (χ1v) is 6.37. The van der Waals surface area contributed by atoms with Crippen LogP contribution >= 0.6 is 11.3 Å². The Kier molecular flexibility index (Phi) is 3.91. The molecule has 5 heteroatoms. The maximum Gasteiger partial charge on any atom is 0.152 e. The largest absolute Gasteiger partial charge is 0.375 e. The lowest BCUT2D eigenvalue weighted by atomic mass is 10.2. The quantitative estimate of drug-likeness (QED) is 0.872. The van der Waals surface area contributed by atoms with Gasteiger partial charge in [0.2, 0.25) is 0 Å². The molecule has 0 saturated heterocycles. The lowest BCUT2D eigenvalue weighted by Crippen LogP contribution is -2.03. The molecule has 1 heterocycles. The molecule has 96 valence electrons. The number of rotatable bonds is 4. The zero-order valence-electron chi connectivity index (χ0n) is 9.77. The van der Waals surface area contributed by atoms with Crippen LogP contribution in [0, 0.1) is 17.5 Å². The topological polar surface area (TPSA) is 12.0 Å². The Morgan fingerprint density at radius 3 is 2.22 bits per heavy atom. The second-order valence-corrected chi connectivity index (χ2v) is 5.07. The number of hydrogen-bond acceptors (Lipinski definition) is 2. The molecule has 0 bridgehead atoms. The standard InChI is InChI=1S/C13H12F3NS/c1-2-9-3-4-10(18-9)7-17-13-11(15)5-8(14)6-12(13)16/h3-6,17H,2,7H2,1H3. The van der Waals surface area contributed by atoms with Crippen molar-refractivity contribution in [1.29, 1.82) is 0 Å². The van der Waals surface area contributed by atoms with E-state index in [1.54, 1.807) is 11.3 Å². The second kappa shape index (κ2) is 5.44. The first-order valence-electron chi connectivity index (χ1n) is 5.56. The lowest BCUT2D eigenvalue weighted by Gasteiger charge is -2.07. The van der Waals surface area contributed by atoms with Gasteiger partial charge < -0.3 is 5.32 Å². The van der Waals surface area contributed by atoms with Gasteiger partial charge in [0.15, 0.2) is 11.6 Å². The monoisotopic (exact) mass is 271 g/mol. The zero-order valence-corrected chi connectivity index (χ0v) is 10.6. The maximum absolute atomic E-state index is 13.3. The van der Waals surface area contributed by atoms with Crippen molar-refractivity contribution in [3.63, 3.8) is 0 Å². The van der Waals surface area contributed by atoms with Gasteiger partial charge in [-0.05, 0) is 18.6 Å². The third-order valence-electron chi connectivity index (χ3n) is 2.51. The minimum absolute atomic E-state index is 0.289. The molecule has 0 spiro atoms. The number of nitrogens with one attached hydrogen (secondary N) is 1. The Morgan fingerprint density at radius 1 is 1.06 bits per heavy atom. The highest BCUT2D eigenvalue weighted by atomic mass is 32.1. The van der Waals surface area contributed by atoms with Crippen LogP contribution in [0.5, 0.6) is 0 Å². The first-order chi connectivity index (χ1) is 8.60. The molecule has 0 unspecified atom stereocenters. The van der Waals surface area contributed by atoms with Crippen LogP contribution in [0.3, 0.4) is 0 Å². The summed E-state index contributed by atoms with van der Waals surface area (Å²) in [5.41, 5.74) is -0.289. The fourth-order valence-corrected chi connectivity index (χ4v) is 2.49. The van der Waals surface area contributed by atoms with Gasteiger partial charge in [-0.2, -0.15) is 0 Å². The molecule has 1 N–H and O–H groups in total. The Morgan fingerprint density at radius 2 is 1.67 bits per heavy atom. The van der Waals surface area contributed by atoms with Crippen LogP contribution in [0.4, 0.5) is 18.9 Å². The highest BCUT2D eigenvalue weighted by molar-refractivity contribution is 7.12. The van der Waals surface area contributed by atoms with E-state index < -0.39 is 17.5 Å². The van der Waals surface area contributed by atoms with Gasteiger partial charge in [0, 0.05) is 28.4 Å². The third kappa shape index (κ3) is 2.85. The molecule has 1 aromatic heterocycles. The van der Waals surface area contributed by atoms with Crippen LogP contribution in [-0.4, -0.2) is 0 Å². The van der Waals surface area contributed by atoms with E-state index in [4.69, 9.17) is 0 Å². The van der Waals surface area contributed by atoms with Crippen LogP contribution in [-0.2, 0) is 13.0 Å². The van der Waals surface area contributed by atoms with Crippen molar-refractivity contribution in [3.8, 4) is 0 Å². The SMILES string of the molecule is CCc1ccc(CNc2c(F)cc(F)cc2F)s1. The first kappa shape index (κ1) is 13.0. The summed E-state index contributed by atoms with van der Waals surface area (Å²) in [4.78, 5) is 2.20. The van der Waals surface area contributed by atoms with Crippen LogP contribution in [0.25, 0.3) is 0 Å². The molecule has 1 nitrogen and oxygen atoms in total. The molecule has 0 atom stereocenters. The smallest absolute Gasteiger partial charge is 0.152 e. The van der Waals surface area contributed by atoms with E-state index in [2.05, 4.69) is 5.32 Å². The molecular formula is C13H12F3NS. The summed E-state index contributed by atoms with van der Waals surface area (Å²) < 4.78 is 39.4. The second-order valence-electron chi connectivity index (χ2n) is 3.82. The average molecular weight is 271 g/mol. The van der Waals surface area contributed by atoms with Crippen molar-refractivity contribution in [2.75, 3.05) is 5.32 Å². The zero-order chi connectivity index (χ0) is 13.1. The van der Waals surface area contributed by atoms with Crippen LogP contribution in [0.15, 0.2) is 24.3 Å². The summed E-state index contributed by atoms with van der Waals surface area (Å²) in [6.07, 6.45) is 0.934. The lowest BCUT2D eigenvalue weighted by molar-refractivity contribution is 0.547.